The first-order chi connectivity index (χ1) is 7.25. The number of ether oxygens (including phenoxy) is 1. The highest BCUT2D eigenvalue weighted by molar-refractivity contribution is 6.32. The van der Waals surface area contributed by atoms with Gasteiger partial charge in [-0.1, -0.05) is 27.7 Å². The van der Waals surface area contributed by atoms with E-state index in [1.165, 1.54) is 0 Å². The molecule has 0 bridgehead atoms. The van der Waals surface area contributed by atoms with Gasteiger partial charge in [0.1, 0.15) is 0 Å². The van der Waals surface area contributed by atoms with E-state index in [0.717, 1.165) is 0 Å². The smallest absolute Gasteiger partial charge is 0.396 e. The van der Waals surface area contributed by atoms with Gasteiger partial charge < -0.3 is 10.1 Å². The van der Waals surface area contributed by atoms with Gasteiger partial charge in [-0.25, -0.2) is 4.79 Å². The van der Waals surface area contributed by atoms with Gasteiger partial charge in [-0.05, 0) is 23.7 Å². The molecule has 0 atom stereocenters. The van der Waals surface area contributed by atoms with Gasteiger partial charge in [-0.2, -0.15) is 0 Å². The molecule has 1 saturated carbocycles. The number of rotatable bonds is 3. The monoisotopic (exact) mass is 227 g/mol. The van der Waals surface area contributed by atoms with E-state index < -0.39 is 11.9 Å². The number of carbonyl (C=O) groups is 2. The first-order valence-corrected chi connectivity index (χ1v) is 5.70. The first-order valence-electron chi connectivity index (χ1n) is 5.70. The van der Waals surface area contributed by atoms with Crippen LogP contribution in [0, 0.1) is 16.7 Å². The van der Waals surface area contributed by atoms with E-state index in [1.54, 1.807) is 6.92 Å². The minimum atomic E-state index is -0.793. The van der Waals surface area contributed by atoms with Crippen molar-refractivity contribution in [2.24, 2.45) is 16.7 Å². The van der Waals surface area contributed by atoms with E-state index in [2.05, 4.69) is 37.7 Å². The van der Waals surface area contributed by atoms with Gasteiger partial charge in [0.2, 0.25) is 0 Å². The fourth-order valence-electron chi connectivity index (χ4n) is 2.31. The molecule has 1 amide bonds. The molecule has 0 aliphatic heterocycles. The molecule has 0 aromatic heterocycles. The lowest BCUT2D eigenvalue weighted by Gasteiger charge is -2.05. The fraction of sp³-hybridized carbons (Fsp3) is 0.833. The van der Waals surface area contributed by atoms with Gasteiger partial charge in [-0.3, -0.25) is 4.79 Å². The maximum atomic E-state index is 11.3. The third-order valence-electron chi connectivity index (χ3n) is 4.25. The predicted molar refractivity (Wildman–Crippen MR) is 60.7 cm³/mol. The van der Waals surface area contributed by atoms with Gasteiger partial charge in [-0.15, -0.1) is 0 Å². The lowest BCUT2D eigenvalue weighted by Crippen LogP contribution is -2.34. The lowest BCUT2D eigenvalue weighted by molar-refractivity contribution is -0.154. The maximum absolute atomic E-state index is 11.3. The van der Waals surface area contributed by atoms with E-state index in [1.807, 2.05) is 0 Å². The van der Waals surface area contributed by atoms with Gasteiger partial charge in [0.15, 0.2) is 0 Å². The summed E-state index contributed by atoms with van der Waals surface area (Å²) in [7, 11) is 0. The van der Waals surface area contributed by atoms with E-state index in [4.69, 9.17) is 0 Å². The highest BCUT2D eigenvalue weighted by atomic mass is 16.5. The SMILES string of the molecule is CCOC(=O)C(=O)NCC1C(C)(C)C1(C)C. The van der Waals surface area contributed by atoms with Crippen molar-refractivity contribution in [3.05, 3.63) is 0 Å². The summed E-state index contributed by atoms with van der Waals surface area (Å²) in [6, 6.07) is 0. The molecule has 4 nitrogen and oxygen atoms in total. The number of esters is 1. The van der Waals surface area contributed by atoms with Crippen molar-refractivity contribution in [3.8, 4) is 0 Å². The summed E-state index contributed by atoms with van der Waals surface area (Å²) in [5, 5.41) is 2.63. The molecule has 1 aliphatic carbocycles. The molecule has 0 heterocycles. The normalized spacial score (nSPS) is 21.3. The molecule has 1 aliphatic rings. The molecular weight excluding hydrogens is 206 g/mol. The Morgan fingerprint density at radius 3 is 2.06 bits per heavy atom. The number of amides is 1. The summed E-state index contributed by atoms with van der Waals surface area (Å²) in [4.78, 5) is 22.4. The van der Waals surface area contributed by atoms with Crippen LogP contribution in [0.5, 0.6) is 0 Å². The number of carbonyl (C=O) groups excluding carboxylic acids is 2. The van der Waals surface area contributed by atoms with Crippen molar-refractivity contribution < 1.29 is 14.3 Å². The number of hydrogen-bond donors (Lipinski definition) is 1. The molecule has 1 rings (SSSR count). The minimum Gasteiger partial charge on any atom is -0.459 e. The topological polar surface area (TPSA) is 55.4 Å². The van der Waals surface area contributed by atoms with Crippen molar-refractivity contribution in [2.75, 3.05) is 13.2 Å². The van der Waals surface area contributed by atoms with Crippen molar-refractivity contribution in [2.45, 2.75) is 34.6 Å². The molecule has 16 heavy (non-hydrogen) atoms. The standard InChI is InChI=1S/C12H21NO3/c1-6-16-10(15)9(14)13-7-8-11(2,3)12(8,4)5/h8H,6-7H2,1-5H3,(H,13,14). The average Bonchev–Trinajstić information content (AvgIpc) is 2.55. The van der Waals surface area contributed by atoms with Gasteiger partial charge in [0.25, 0.3) is 0 Å². The van der Waals surface area contributed by atoms with Gasteiger partial charge in [0, 0.05) is 6.54 Å². The maximum Gasteiger partial charge on any atom is 0.396 e. The Hall–Kier alpha value is -1.06. The molecule has 0 aromatic rings. The molecule has 0 radical (unpaired) electrons. The van der Waals surface area contributed by atoms with Crippen LogP contribution in [0.25, 0.3) is 0 Å². The number of hydrogen-bond acceptors (Lipinski definition) is 3. The third kappa shape index (κ3) is 2.06. The highest BCUT2D eigenvalue weighted by Gasteiger charge is 2.64. The molecule has 92 valence electrons. The van der Waals surface area contributed by atoms with Crippen LogP contribution in [0.15, 0.2) is 0 Å². The van der Waals surface area contributed by atoms with E-state index in [0.29, 0.717) is 12.5 Å². The Morgan fingerprint density at radius 1 is 1.19 bits per heavy atom. The van der Waals surface area contributed by atoms with Crippen LogP contribution >= 0.6 is 0 Å². The summed E-state index contributed by atoms with van der Waals surface area (Å²) < 4.78 is 4.61. The molecule has 1 fully saturated rings. The zero-order chi connectivity index (χ0) is 12.6. The van der Waals surface area contributed by atoms with Crippen LogP contribution in [0.2, 0.25) is 0 Å². The Balaban J connectivity index is 2.38. The van der Waals surface area contributed by atoms with Crippen molar-refractivity contribution >= 4 is 11.9 Å². The number of nitrogens with one attached hydrogen (secondary N) is 1. The molecule has 1 N–H and O–H groups in total. The van der Waals surface area contributed by atoms with E-state index in [9.17, 15) is 9.59 Å². The van der Waals surface area contributed by atoms with Crippen LogP contribution in [-0.4, -0.2) is 25.0 Å². The Labute approximate surface area is 96.7 Å². The predicted octanol–water partition coefficient (Wildman–Crippen LogP) is 1.35. The second-order valence-corrected chi connectivity index (χ2v) is 5.43. The van der Waals surface area contributed by atoms with E-state index in [-0.39, 0.29) is 17.4 Å². The summed E-state index contributed by atoms with van der Waals surface area (Å²) >= 11 is 0. The Morgan fingerprint density at radius 2 is 1.69 bits per heavy atom. The van der Waals surface area contributed by atoms with Crippen LogP contribution in [-0.2, 0) is 14.3 Å². The van der Waals surface area contributed by atoms with Crippen LogP contribution in [0.3, 0.4) is 0 Å². The molecule has 0 aromatic carbocycles. The lowest BCUT2D eigenvalue weighted by atomic mass is 10.0. The van der Waals surface area contributed by atoms with Crippen molar-refractivity contribution in [1.82, 2.24) is 5.32 Å². The zero-order valence-electron chi connectivity index (χ0n) is 10.7. The summed E-state index contributed by atoms with van der Waals surface area (Å²) in [6.07, 6.45) is 0. The van der Waals surface area contributed by atoms with Gasteiger partial charge >= 0.3 is 11.9 Å². The van der Waals surface area contributed by atoms with Crippen LogP contribution in [0.1, 0.15) is 34.6 Å². The minimum absolute atomic E-state index is 0.217. The van der Waals surface area contributed by atoms with Gasteiger partial charge in [0.05, 0.1) is 6.61 Å². The Bertz CT molecular complexity index is 293. The highest BCUT2D eigenvalue weighted by Crippen LogP contribution is 2.67. The summed E-state index contributed by atoms with van der Waals surface area (Å²) in [5.74, 6) is -1.02. The zero-order valence-corrected chi connectivity index (χ0v) is 10.7. The fourth-order valence-corrected chi connectivity index (χ4v) is 2.31. The largest absolute Gasteiger partial charge is 0.459 e. The Kier molecular flexibility index (Phi) is 3.31. The van der Waals surface area contributed by atoms with Crippen molar-refractivity contribution in [3.63, 3.8) is 0 Å². The molecule has 4 heteroatoms. The molecular formula is C12H21NO3. The molecule has 0 saturated heterocycles. The van der Waals surface area contributed by atoms with Crippen LogP contribution < -0.4 is 5.32 Å². The third-order valence-corrected chi connectivity index (χ3v) is 4.25. The molecule has 0 spiro atoms. The summed E-state index contributed by atoms with van der Waals surface area (Å²) in [5.41, 5.74) is 0.434. The second kappa shape index (κ2) is 4.07. The molecule has 0 unspecified atom stereocenters. The summed E-state index contributed by atoms with van der Waals surface area (Å²) in [6.45, 7) is 11.1. The second-order valence-electron chi connectivity index (χ2n) is 5.43. The average molecular weight is 227 g/mol. The first kappa shape index (κ1) is 13.0. The van der Waals surface area contributed by atoms with E-state index >= 15 is 0 Å². The van der Waals surface area contributed by atoms with Crippen LogP contribution in [0.4, 0.5) is 0 Å². The quantitative estimate of drug-likeness (QED) is 0.585. The van der Waals surface area contributed by atoms with Crippen molar-refractivity contribution in [1.29, 1.82) is 0 Å².